The molecule has 96 valence electrons. The van der Waals surface area contributed by atoms with Gasteiger partial charge in [0.2, 0.25) is 5.89 Å². The van der Waals surface area contributed by atoms with E-state index in [-0.39, 0.29) is 0 Å². The molecule has 1 aromatic heterocycles. The van der Waals surface area contributed by atoms with Crippen molar-refractivity contribution in [1.29, 1.82) is 0 Å². The molecule has 0 saturated carbocycles. The largest absolute Gasteiger partial charge is 0.480 e. The fraction of sp³-hybridized carbons (Fsp3) is 0.727. The van der Waals surface area contributed by atoms with E-state index in [1.807, 2.05) is 0 Å². The van der Waals surface area contributed by atoms with E-state index in [1.165, 1.54) is 11.8 Å². The van der Waals surface area contributed by atoms with Crippen molar-refractivity contribution < 1.29 is 14.4 Å². The Morgan fingerprint density at radius 2 is 2.18 bits per heavy atom. The van der Waals surface area contributed by atoms with Crippen molar-refractivity contribution in [1.82, 2.24) is 10.1 Å². The number of hydrogen-bond donors (Lipinski definition) is 1. The summed E-state index contributed by atoms with van der Waals surface area (Å²) < 4.78 is 4.23. The van der Waals surface area contributed by atoms with Gasteiger partial charge in [-0.2, -0.15) is 4.98 Å². The zero-order chi connectivity index (χ0) is 13.1. The van der Waals surface area contributed by atoms with Crippen LogP contribution in [0, 0.1) is 5.92 Å². The molecule has 0 fully saturated rings. The van der Waals surface area contributed by atoms with Crippen LogP contribution in [0.1, 0.15) is 39.4 Å². The second-order valence-corrected chi connectivity index (χ2v) is 6.40. The number of aliphatic carboxylic acids is 1. The van der Waals surface area contributed by atoms with Crippen LogP contribution in [0.3, 0.4) is 0 Å². The van der Waals surface area contributed by atoms with E-state index in [2.05, 4.69) is 24.0 Å². The number of rotatable bonds is 6. The lowest BCUT2D eigenvalue weighted by Crippen LogP contribution is -2.27. The molecule has 0 aromatic carbocycles. The molecule has 1 rings (SSSR count). The van der Waals surface area contributed by atoms with Gasteiger partial charge in [0.1, 0.15) is 4.75 Å². The third-order valence-electron chi connectivity index (χ3n) is 2.17. The molecule has 17 heavy (non-hydrogen) atoms. The molecule has 0 saturated heterocycles. The summed E-state index contributed by atoms with van der Waals surface area (Å²) in [6, 6.07) is 0. The van der Waals surface area contributed by atoms with E-state index in [9.17, 15) is 4.79 Å². The van der Waals surface area contributed by atoms with Gasteiger partial charge in [0.15, 0.2) is 5.82 Å². The summed E-state index contributed by atoms with van der Waals surface area (Å²) in [6.07, 6.45) is 0.774. The molecule has 0 aliphatic rings. The molecule has 0 radical (unpaired) electrons. The quantitative estimate of drug-likeness (QED) is 0.844. The van der Waals surface area contributed by atoms with Gasteiger partial charge >= 0.3 is 5.97 Å². The number of carboxylic acids is 1. The first-order valence-electron chi connectivity index (χ1n) is 5.50. The molecular weight excluding hydrogens is 240 g/mol. The Bertz CT molecular complexity index is 388. The van der Waals surface area contributed by atoms with Gasteiger partial charge in [-0.25, -0.2) is 0 Å². The molecule has 5 nitrogen and oxygen atoms in total. The van der Waals surface area contributed by atoms with Gasteiger partial charge in [0.25, 0.3) is 0 Å². The summed E-state index contributed by atoms with van der Waals surface area (Å²) in [5.74, 6) is 1.22. The zero-order valence-electron chi connectivity index (χ0n) is 10.6. The lowest BCUT2D eigenvalue weighted by Gasteiger charge is -2.16. The zero-order valence-corrected chi connectivity index (χ0v) is 11.4. The maximum Gasteiger partial charge on any atom is 0.319 e. The van der Waals surface area contributed by atoms with E-state index in [1.54, 1.807) is 13.8 Å². The predicted molar refractivity (Wildman–Crippen MR) is 65.8 cm³/mol. The molecule has 0 atom stereocenters. The normalized spacial score (nSPS) is 12.1. The highest BCUT2D eigenvalue weighted by molar-refractivity contribution is 8.00. The minimum Gasteiger partial charge on any atom is -0.480 e. The van der Waals surface area contributed by atoms with Crippen LogP contribution in [-0.4, -0.2) is 26.0 Å². The van der Waals surface area contributed by atoms with Gasteiger partial charge in [-0.1, -0.05) is 19.0 Å². The van der Waals surface area contributed by atoms with Crippen LogP contribution in [-0.2, 0) is 17.0 Å². The molecule has 0 aliphatic heterocycles. The van der Waals surface area contributed by atoms with Gasteiger partial charge in [-0.3, -0.25) is 4.79 Å². The van der Waals surface area contributed by atoms with E-state index in [0.717, 1.165) is 6.42 Å². The maximum absolute atomic E-state index is 10.9. The number of carbonyl (C=O) groups is 1. The Kier molecular flexibility index (Phi) is 4.56. The Morgan fingerprint density at radius 1 is 1.53 bits per heavy atom. The smallest absolute Gasteiger partial charge is 0.319 e. The Hall–Kier alpha value is -1.04. The lowest BCUT2D eigenvalue weighted by molar-refractivity contribution is -0.138. The highest BCUT2D eigenvalue weighted by Gasteiger charge is 2.28. The molecule has 6 heteroatoms. The number of hydrogen-bond acceptors (Lipinski definition) is 5. The van der Waals surface area contributed by atoms with Crippen molar-refractivity contribution in [3.63, 3.8) is 0 Å². The van der Waals surface area contributed by atoms with Crippen LogP contribution in [0.15, 0.2) is 4.52 Å². The van der Waals surface area contributed by atoms with Crippen molar-refractivity contribution in [2.75, 3.05) is 0 Å². The van der Waals surface area contributed by atoms with Gasteiger partial charge in [0, 0.05) is 6.42 Å². The fourth-order valence-corrected chi connectivity index (χ4v) is 1.83. The van der Waals surface area contributed by atoms with Crippen LogP contribution in [0.5, 0.6) is 0 Å². The second-order valence-electron chi connectivity index (χ2n) is 4.81. The first-order chi connectivity index (χ1) is 7.81. The van der Waals surface area contributed by atoms with Crippen molar-refractivity contribution in [2.24, 2.45) is 5.92 Å². The monoisotopic (exact) mass is 258 g/mol. The topological polar surface area (TPSA) is 76.2 Å². The van der Waals surface area contributed by atoms with E-state index < -0.39 is 10.7 Å². The minimum absolute atomic E-state index is 0.421. The van der Waals surface area contributed by atoms with Gasteiger partial charge in [-0.15, -0.1) is 11.8 Å². The van der Waals surface area contributed by atoms with Crippen LogP contribution < -0.4 is 0 Å². The highest BCUT2D eigenvalue weighted by atomic mass is 32.2. The number of thioether (sulfide) groups is 1. The first kappa shape index (κ1) is 14.0. The summed E-state index contributed by atoms with van der Waals surface area (Å²) in [5.41, 5.74) is 0. The summed E-state index contributed by atoms with van der Waals surface area (Å²) >= 11 is 1.28. The third-order valence-corrected chi connectivity index (χ3v) is 3.46. The average molecular weight is 258 g/mol. The molecular formula is C11H18N2O3S. The van der Waals surface area contributed by atoms with Crippen LogP contribution in [0.25, 0.3) is 0 Å². The van der Waals surface area contributed by atoms with Crippen LogP contribution in [0.2, 0.25) is 0 Å². The Balaban J connectivity index is 2.53. The van der Waals surface area contributed by atoms with Gasteiger partial charge in [-0.05, 0) is 19.8 Å². The van der Waals surface area contributed by atoms with Crippen LogP contribution in [0.4, 0.5) is 0 Å². The van der Waals surface area contributed by atoms with E-state index in [4.69, 9.17) is 9.63 Å². The van der Waals surface area contributed by atoms with Crippen molar-refractivity contribution in [3.8, 4) is 0 Å². The fourth-order valence-electron chi connectivity index (χ4n) is 1.10. The predicted octanol–water partition coefficient (Wildman–Crippen LogP) is 2.36. The average Bonchev–Trinajstić information content (AvgIpc) is 2.61. The Labute approximate surface area is 105 Å². The first-order valence-corrected chi connectivity index (χ1v) is 6.48. The Morgan fingerprint density at radius 3 is 2.71 bits per heavy atom. The number of nitrogens with zero attached hydrogens (tertiary/aromatic N) is 2. The van der Waals surface area contributed by atoms with E-state index >= 15 is 0 Å². The number of carboxylic acid groups (broad SMARTS) is 1. The molecule has 1 aromatic rings. The molecule has 0 spiro atoms. The SMILES string of the molecule is CC(C)Cc1noc(CSC(C)(C)C(=O)O)n1. The lowest BCUT2D eigenvalue weighted by atomic mass is 10.1. The molecule has 1 heterocycles. The van der Waals surface area contributed by atoms with Crippen molar-refractivity contribution in [3.05, 3.63) is 11.7 Å². The third kappa shape index (κ3) is 4.38. The summed E-state index contributed by atoms with van der Waals surface area (Å²) in [5, 5.41) is 12.8. The highest BCUT2D eigenvalue weighted by Crippen LogP contribution is 2.27. The number of aromatic nitrogens is 2. The maximum atomic E-state index is 10.9. The molecule has 1 N–H and O–H groups in total. The van der Waals surface area contributed by atoms with Gasteiger partial charge < -0.3 is 9.63 Å². The summed E-state index contributed by atoms with van der Waals surface area (Å²) in [4.78, 5) is 15.1. The van der Waals surface area contributed by atoms with Crippen molar-refractivity contribution >= 4 is 17.7 Å². The molecule has 0 bridgehead atoms. The van der Waals surface area contributed by atoms with Crippen molar-refractivity contribution in [2.45, 2.75) is 44.6 Å². The molecule has 0 unspecified atom stereocenters. The minimum atomic E-state index is -0.843. The molecule has 0 amide bonds. The summed E-state index contributed by atoms with van der Waals surface area (Å²) in [7, 11) is 0. The molecule has 0 aliphatic carbocycles. The summed E-state index contributed by atoms with van der Waals surface area (Å²) in [6.45, 7) is 7.48. The van der Waals surface area contributed by atoms with Crippen LogP contribution >= 0.6 is 11.8 Å². The van der Waals surface area contributed by atoms with E-state index in [0.29, 0.717) is 23.4 Å². The standard InChI is InChI=1S/C11H18N2O3S/c1-7(2)5-8-12-9(16-13-8)6-17-11(3,4)10(14)15/h7H,5-6H2,1-4H3,(H,14,15). The second kappa shape index (κ2) is 5.53. The van der Waals surface area contributed by atoms with Gasteiger partial charge in [0.05, 0.1) is 5.75 Å².